The van der Waals surface area contributed by atoms with Gasteiger partial charge in [-0.15, -0.1) is 6.58 Å². The Hall–Kier alpha value is -2.99. The Bertz CT molecular complexity index is 1110. The van der Waals surface area contributed by atoms with E-state index >= 15 is 0 Å². The highest BCUT2D eigenvalue weighted by Crippen LogP contribution is 2.20. The standard InChI is InChI=1S/C22H22N2O3S/c1-4-11-24-18-10-9-17(21(26)27-5-2)14-19(18)28-22(24)23-20(25)13-16-8-6-7-15(3)12-16/h4,6-10,12,14H,1,5,11,13H2,2-3H3. The van der Waals surface area contributed by atoms with E-state index in [1.54, 1.807) is 25.1 Å². The van der Waals surface area contributed by atoms with Crippen LogP contribution in [0.15, 0.2) is 60.1 Å². The van der Waals surface area contributed by atoms with E-state index in [-0.39, 0.29) is 18.3 Å². The average molecular weight is 394 g/mol. The Morgan fingerprint density at radius 1 is 1.25 bits per heavy atom. The number of amides is 1. The van der Waals surface area contributed by atoms with Crippen molar-refractivity contribution in [3.63, 3.8) is 0 Å². The molecule has 3 rings (SSSR count). The van der Waals surface area contributed by atoms with Gasteiger partial charge in [-0.25, -0.2) is 4.79 Å². The van der Waals surface area contributed by atoms with Crippen LogP contribution in [0.3, 0.4) is 0 Å². The molecule has 0 aliphatic carbocycles. The van der Waals surface area contributed by atoms with E-state index in [0.29, 0.717) is 23.5 Å². The zero-order valence-electron chi connectivity index (χ0n) is 16.0. The summed E-state index contributed by atoms with van der Waals surface area (Å²) in [6, 6.07) is 13.2. The zero-order chi connectivity index (χ0) is 20.1. The summed E-state index contributed by atoms with van der Waals surface area (Å²) in [7, 11) is 0. The molecule has 0 spiro atoms. The van der Waals surface area contributed by atoms with Gasteiger partial charge < -0.3 is 9.30 Å². The molecule has 6 heteroatoms. The molecule has 28 heavy (non-hydrogen) atoms. The highest BCUT2D eigenvalue weighted by Gasteiger charge is 2.12. The number of aryl methyl sites for hydroxylation is 1. The van der Waals surface area contributed by atoms with Gasteiger partial charge in [-0.2, -0.15) is 4.99 Å². The molecule has 5 nitrogen and oxygen atoms in total. The number of nitrogens with zero attached hydrogens (tertiary/aromatic N) is 2. The normalized spacial score (nSPS) is 11.6. The van der Waals surface area contributed by atoms with Crippen LogP contribution in [0.4, 0.5) is 0 Å². The van der Waals surface area contributed by atoms with E-state index in [4.69, 9.17) is 4.74 Å². The van der Waals surface area contributed by atoms with Crippen LogP contribution in [0.25, 0.3) is 10.2 Å². The third kappa shape index (κ3) is 4.46. The second-order valence-electron chi connectivity index (χ2n) is 6.36. The van der Waals surface area contributed by atoms with Crippen LogP contribution in [0.5, 0.6) is 0 Å². The second kappa shape index (κ2) is 8.80. The SMILES string of the molecule is C=CCn1c(=NC(=O)Cc2cccc(C)c2)sc2cc(C(=O)OCC)ccc21. The lowest BCUT2D eigenvalue weighted by Crippen LogP contribution is -2.17. The monoisotopic (exact) mass is 394 g/mol. The van der Waals surface area contributed by atoms with Crippen molar-refractivity contribution in [2.24, 2.45) is 4.99 Å². The topological polar surface area (TPSA) is 60.7 Å². The summed E-state index contributed by atoms with van der Waals surface area (Å²) >= 11 is 1.38. The minimum atomic E-state index is -0.359. The number of esters is 1. The third-order valence-electron chi connectivity index (χ3n) is 4.16. The Balaban J connectivity index is 1.99. The van der Waals surface area contributed by atoms with Crippen molar-refractivity contribution in [1.29, 1.82) is 0 Å². The van der Waals surface area contributed by atoms with Gasteiger partial charge in [-0.3, -0.25) is 4.79 Å². The summed E-state index contributed by atoms with van der Waals surface area (Å²) in [6.07, 6.45) is 2.01. The Morgan fingerprint density at radius 2 is 2.07 bits per heavy atom. The second-order valence-corrected chi connectivity index (χ2v) is 7.37. The Labute approximate surface area is 167 Å². The molecular weight excluding hydrogens is 372 g/mol. The first-order valence-corrected chi connectivity index (χ1v) is 9.88. The number of carbonyl (C=O) groups is 2. The molecular formula is C22H22N2O3S. The first-order valence-electron chi connectivity index (χ1n) is 9.06. The van der Waals surface area contributed by atoms with Crippen molar-refractivity contribution in [2.75, 3.05) is 6.61 Å². The largest absolute Gasteiger partial charge is 0.462 e. The lowest BCUT2D eigenvalue weighted by molar-refractivity contribution is -0.117. The highest BCUT2D eigenvalue weighted by molar-refractivity contribution is 7.16. The predicted molar refractivity (Wildman–Crippen MR) is 111 cm³/mol. The fourth-order valence-corrected chi connectivity index (χ4v) is 4.04. The fraction of sp³-hybridized carbons (Fsp3) is 0.227. The summed E-state index contributed by atoms with van der Waals surface area (Å²) in [5, 5.41) is 0. The number of allylic oxidation sites excluding steroid dienone is 1. The van der Waals surface area contributed by atoms with Gasteiger partial charge in [-0.05, 0) is 37.6 Å². The highest BCUT2D eigenvalue weighted by atomic mass is 32.1. The maximum Gasteiger partial charge on any atom is 0.338 e. The van der Waals surface area contributed by atoms with Gasteiger partial charge in [0, 0.05) is 6.54 Å². The number of aromatic nitrogens is 1. The van der Waals surface area contributed by atoms with E-state index in [9.17, 15) is 9.59 Å². The molecule has 2 aromatic carbocycles. The van der Waals surface area contributed by atoms with Crippen molar-refractivity contribution in [2.45, 2.75) is 26.8 Å². The van der Waals surface area contributed by atoms with Crippen molar-refractivity contribution in [3.05, 3.63) is 76.6 Å². The summed E-state index contributed by atoms with van der Waals surface area (Å²) in [4.78, 5) is 29.4. The smallest absolute Gasteiger partial charge is 0.338 e. The molecule has 0 saturated carbocycles. The van der Waals surface area contributed by atoms with E-state index < -0.39 is 0 Å². The van der Waals surface area contributed by atoms with Gasteiger partial charge in [0.05, 0.1) is 28.8 Å². The molecule has 0 atom stereocenters. The van der Waals surface area contributed by atoms with E-state index in [1.165, 1.54) is 11.3 Å². The molecule has 0 aliphatic heterocycles. The molecule has 0 aliphatic rings. The predicted octanol–water partition coefficient (Wildman–Crippen LogP) is 4.04. The lowest BCUT2D eigenvalue weighted by Gasteiger charge is -2.03. The van der Waals surface area contributed by atoms with Crippen LogP contribution in [-0.4, -0.2) is 23.1 Å². The van der Waals surface area contributed by atoms with E-state index in [1.807, 2.05) is 41.8 Å². The summed E-state index contributed by atoms with van der Waals surface area (Å²) in [6.45, 7) is 8.41. The lowest BCUT2D eigenvalue weighted by atomic mass is 10.1. The molecule has 0 bridgehead atoms. The number of benzene rings is 2. The number of fused-ring (bicyclic) bond motifs is 1. The average Bonchev–Trinajstić information content (AvgIpc) is 2.98. The zero-order valence-corrected chi connectivity index (χ0v) is 16.8. The van der Waals surface area contributed by atoms with Crippen LogP contribution in [0.2, 0.25) is 0 Å². The molecule has 0 fully saturated rings. The molecule has 0 unspecified atom stereocenters. The summed E-state index contributed by atoms with van der Waals surface area (Å²) < 4.78 is 7.86. The Kier molecular flexibility index (Phi) is 6.21. The van der Waals surface area contributed by atoms with Crippen LogP contribution in [0, 0.1) is 6.92 Å². The van der Waals surface area contributed by atoms with Crippen molar-refractivity contribution < 1.29 is 14.3 Å². The van der Waals surface area contributed by atoms with Crippen molar-refractivity contribution in [1.82, 2.24) is 4.57 Å². The minimum absolute atomic E-state index is 0.208. The quantitative estimate of drug-likeness (QED) is 0.468. The van der Waals surface area contributed by atoms with Crippen LogP contribution < -0.4 is 4.80 Å². The van der Waals surface area contributed by atoms with Gasteiger partial charge in [0.15, 0.2) is 4.80 Å². The molecule has 0 saturated heterocycles. The van der Waals surface area contributed by atoms with Crippen molar-refractivity contribution >= 4 is 33.4 Å². The molecule has 144 valence electrons. The molecule has 1 aromatic heterocycles. The van der Waals surface area contributed by atoms with Crippen LogP contribution in [0.1, 0.15) is 28.4 Å². The minimum Gasteiger partial charge on any atom is -0.462 e. The third-order valence-corrected chi connectivity index (χ3v) is 5.20. The van der Waals surface area contributed by atoms with Gasteiger partial charge in [-0.1, -0.05) is 47.2 Å². The fourth-order valence-electron chi connectivity index (χ4n) is 2.95. The molecule has 3 aromatic rings. The molecule has 1 heterocycles. The first-order chi connectivity index (χ1) is 13.5. The number of thiazole rings is 1. The van der Waals surface area contributed by atoms with Gasteiger partial charge in [0.2, 0.25) is 0 Å². The number of hydrogen-bond donors (Lipinski definition) is 0. The maximum atomic E-state index is 12.5. The number of rotatable bonds is 6. The molecule has 0 radical (unpaired) electrons. The number of carbonyl (C=O) groups excluding carboxylic acids is 2. The molecule has 1 amide bonds. The van der Waals surface area contributed by atoms with E-state index in [2.05, 4.69) is 11.6 Å². The molecule has 0 N–H and O–H groups in total. The number of hydrogen-bond acceptors (Lipinski definition) is 4. The first kappa shape index (κ1) is 19.8. The van der Waals surface area contributed by atoms with Crippen molar-refractivity contribution in [3.8, 4) is 0 Å². The van der Waals surface area contributed by atoms with Crippen LogP contribution >= 0.6 is 11.3 Å². The van der Waals surface area contributed by atoms with Crippen LogP contribution in [-0.2, 0) is 22.5 Å². The van der Waals surface area contributed by atoms with Gasteiger partial charge in [0.25, 0.3) is 5.91 Å². The summed E-state index contributed by atoms with van der Waals surface area (Å²) in [5.41, 5.74) is 3.44. The number of ether oxygens (including phenoxy) is 1. The van der Waals surface area contributed by atoms with Gasteiger partial charge >= 0.3 is 5.97 Å². The Morgan fingerprint density at radius 3 is 2.79 bits per heavy atom. The van der Waals surface area contributed by atoms with Gasteiger partial charge in [0.1, 0.15) is 0 Å². The van der Waals surface area contributed by atoms with E-state index in [0.717, 1.165) is 21.3 Å². The maximum absolute atomic E-state index is 12.5. The summed E-state index contributed by atoms with van der Waals surface area (Å²) in [5.74, 6) is -0.567.